The molecule has 2 aliphatic heterocycles. The zero-order chi connectivity index (χ0) is 15.4. The van der Waals surface area contributed by atoms with Gasteiger partial charge in [-0.2, -0.15) is 0 Å². The first kappa shape index (κ1) is 14.8. The normalized spacial score (nSPS) is 24.7. The molecule has 2 aliphatic rings. The molecule has 0 aliphatic carbocycles. The molecule has 0 radical (unpaired) electrons. The lowest BCUT2D eigenvalue weighted by Gasteiger charge is -2.37. The van der Waals surface area contributed by atoms with Crippen molar-refractivity contribution in [1.82, 2.24) is 4.90 Å². The molecule has 5 heteroatoms. The first-order chi connectivity index (χ1) is 10.7. The fraction of sp³-hybridized carbons (Fsp3) is 0.353. The molecule has 116 valence electrons. The first-order valence-corrected chi connectivity index (χ1v) is 7.44. The molecular formula is C17H19NO4. The van der Waals surface area contributed by atoms with Crippen LogP contribution in [0.4, 0.5) is 0 Å². The fourth-order valence-electron chi connectivity index (χ4n) is 2.71. The van der Waals surface area contributed by atoms with Crippen molar-refractivity contribution in [3.63, 3.8) is 0 Å². The Bertz CT molecular complexity index is 590. The molecule has 0 spiro atoms. The van der Waals surface area contributed by atoms with E-state index in [0.717, 1.165) is 18.4 Å². The Kier molecular flexibility index (Phi) is 4.27. The SMILES string of the molecule is O=C(OCc1ccccc1)C1=CC=COC1(O)N1CCCC1. The highest BCUT2D eigenvalue weighted by atomic mass is 16.6. The molecule has 1 aromatic rings. The van der Waals surface area contributed by atoms with Gasteiger partial charge in [-0.1, -0.05) is 30.3 Å². The van der Waals surface area contributed by atoms with Gasteiger partial charge in [0.2, 0.25) is 0 Å². The molecule has 1 N–H and O–H groups in total. The maximum Gasteiger partial charge on any atom is 0.342 e. The van der Waals surface area contributed by atoms with Gasteiger partial charge in [-0.3, -0.25) is 0 Å². The van der Waals surface area contributed by atoms with E-state index in [2.05, 4.69) is 0 Å². The van der Waals surface area contributed by atoms with Gasteiger partial charge in [0.25, 0.3) is 0 Å². The summed E-state index contributed by atoms with van der Waals surface area (Å²) >= 11 is 0. The van der Waals surface area contributed by atoms with Gasteiger partial charge in [0.05, 0.1) is 6.26 Å². The molecule has 2 heterocycles. The van der Waals surface area contributed by atoms with E-state index in [1.54, 1.807) is 17.1 Å². The van der Waals surface area contributed by atoms with Crippen LogP contribution in [-0.4, -0.2) is 35.0 Å². The molecule has 0 bridgehead atoms. The van der Waals surface area contributed by atoms with Crippen molar-refractivity contribution in [2.45, 2.75) is 25.4 Å². The molecular weight excluding hydrogens is 282 g/mol. The molecule has 0 saturated carbocycles. The van der Waals surface area contributed by atoms with Gasteiger partial charge in [0.1, 0.15) is 12.2 Å². The Morgan fingerprint density at radius 2 is 2.00 bits per heavy atom. The van der Waals surface area contributed by atoms with Gasteiger partial charge in [-0.05, 0) is 30.6 Å². The third kappa shape index (κ3) is 2.91. The highest BCUT2D eigenvalue weighted by Gasteiger charge is 2.46. The predicted molar refractivity (Wildman–Crippen MR) is 80.3 cm³/mol. The minimum atomic E-state index is -1.72. The highest BCUT2D eigenvalue weighted by Crippen LogP contribution is 2.31. The Labute approximate surface area is 129 Å². The standard InChI is InChI=1S/C17H19NO4/c19-16(21-13-14-7-2-1-3-8-14)15-9-6-12-22-17(15,20)18-10-4-5-11-18/h1-3,6-9,12,20H,4-5,10-11,13H2. The summed E-state index contributed by atoms with van der Waals surface area (Å²) < 4.78 is 10.7. The van der Waals surface area contributed by atoms with Crippen molar-refractivity contribution in [2.24, 2.45) is 0 Å². The molecule has 0 amide bonds. The lowest BCUT2D eigenvalue weighted by atomic mass is 10.1. The van der Waals surface area contributed by atoms with Crippen LogP contribution in [0.15, 0.2) is 54.3 Å². The van der Waals surface area contributed by atoms with E-state index < -0.39 is 11.9 Å². The number of allylic oxidation sites excluding steroid dienone is 2. The summed E-state index contributed by atoms with van der Waals surface area (Å²) in [5.41, 5.74) is 1.02. The summed E-state index contributed by atoms with van der Waals surface area (Å²) in [6.45, 7) is 1.54. The number of carbonyl (C=O) groups is 1. The molecule has 0 aromatic heterocycles. The van der Waals surface area contributed by atoms with Crippen LogP contribution in [-0.2, 0) is 20.9 Å². The molecule has 1 unspecified atom stereocenters. The van der Waals surface area contributed by atoms with Crippen molar-refractivity contribution in [3.05, 3.63) is 59.9 Å². The molecule has 5 nitrogen and oxygen atoms in total. The predicted octanol–water partition coefficient (Wildman–Crippen LogP) is 1.94. The topological polar surface area (TPSA) is 59.0 Å². The van der Waals surface area contributed by atoms with Crippen LogP contribution in [0.2, 0.25) is 0 Å². The van der Waals surface area contributed by atoms with Crippen LogP contribution in [0.3, 0.4) is 0 Å². The van der Waals surface area contributed by atoms with Crippen LogP contribution in [0.25, 0.3) is 0 Å². The van der Waals surface area contributed by atoms with Gasteiger partial charge in [0, 0.05) is 13.1 Å². The Morgan fingerprint density at radius 1 is 1.27 bits per heavy atom. The molecule has 1 fully saturated rings. The number of nitrogens with zero attached hydrogens (tertiary/aromatic N) is 1. The highest BCUT2D eigenvalue weighted by molar-refractivity contribution is 5.90. The average Bonchev–Trinajstić information content (AvgIpc) is 3.09. The number of likely N-dealkylation sites (tertiary alicyclic amines) is 1. The number of benzene rings is 1. The van der Waals surface area contributed by atoms with Crippen molar-refractivity contribution in [2.75, 3.05) is 13.1 Å². The van der Waals surface area contributed by atoms with Crippen molar-refractivity contribution in [3.8, 4) is 0 Å². The summed E-state index contributed by atoms with van der Waals surface area (Å²) in [5, 5.41) is 10.8. The monoisotopic (exact) mass is 301 g/mol. The van der Waals surface area contributed by atoms with Gasteiger partial charge in [-0.25, -0.2) is 9.69 Å². The number of carbonyl (C=O) groups excluding carboxylic acids is 1. The number of aliphatic hydroxyl groups is 1. The summed E-state index contributed by atoms with van der Waals surface area (Å²) in [6.07, 6.45) is 6.48. The third-order valence-corrected chi connectivity index (χ3v) is 3.89. The van der Waals surface area contributed by atoms with Crippen molar-refractivity contribution < 1.29 is 19.4 Å². The molecule has 1 aromatic carbocycles. The Hall–Kier alpha value is -2.11. The van der Waals surface area contributed by atoms with E-state index in [4.69, 9.17) is 9.47 Å². The summed E-state index contributed by atoms with van der Waals surface area (Å²) in [6, 6.07) is 9.43. The second-order valence-corrected chi connectivity index (χ2v) is 5.39. The van der Waals surface area contributed by atoms with Gasteiger partial charge >= 0.3 is 11.9 Å². The maximum atomic E-state index is 12.4. The second-order valence-electron chi connectivity index (χ2n) is 5.39. The summed E-state index contributed by atoms with van der Waals surface area (Å²) in [4.78, 5) is 14.1. The van der Waals surface area contributed by atoms with Crippen molar-refractivity contribution in [1.29, 1.82) is 0 Å². The number of hydrogen-bond donors (Lipinski definition) is 1. The van der Waals surface area contributed by atoms with E-state index >= 15 is 0 Å². The summed E-state index contributed by atoms with van der Waals surface area (Å²) in [5.74, 6) is -2.29. The van der Waals surface area contributed by atoms with E-state index in [1.807, 2.05) is 30.3 Å². The number of rotatable bonds is 4. The lowest BCUT2D eigenvalue weighted by molar-refractivity contribution is -0.237. The Morgan fingerprint density at radius 3 is 2.73 bits per heavy atom. The van der Waals surface area contributed by atoms with Crippen LogP contribution >= 0.6 is 0 Å². The van der Waals surface area contributed by atoms with E-state index in [1.165, 1.54) is 6.26 Å². The number of esters is 1. The quantitative estimate of drug-likeness (QED) is 0.861. The zero-order valence-electron chi connectivity index (χ0n) is 12.3. The van der Waals surface area contributed by atoms with E-state index in [-0.39, 0.29) is 12.2 Å². The molecule has 3 rings (SSSR count). The Balaban J connectivity index is 1.71. The van der Waals surface area contributed by atoms with Gasteiger partial charge in [0.15, 0.2) is 0 Å². The number of hydrogen-bond acceptors (Lipinski definition) is 5. The van der Waals surface area contributed by atoms with Crippen LogP contribution in [0, 0.1) is 0 Å². The average molecular weight is 301 g/mol. The molecule has 1 saturated heterocycles. The zero-order valence-corrected chi connectivity index (χ0v) is 12.3. The largest absolute Gasteiger partial charge is 0.457 e. The van der Waals surface area contributed by atoms with Crippen LogP contribution < -0.4 is 0 Å². The van der Waals surface area contributed by atoms with E-state index in [9.17, 15) is 9.90 Å². The second kappa shape index (κ2) is 6.34. The number of ether oxygens (including phenoxy) is 2. The first-order valence-electron chi connectivity index (χ1n) is 7.44. The van der Waals surface area contributed by atoms with E-state index in [0.29, 0.717) is 13.1 Å². The van der Waals surface area contributed by atoms with Crippen molar-refractivity contribution >= 4 is 5.97 Å². The minimum Gasteiger partial charge on any atom is -0.457 e. The van der Waals surface area contributed by atoms with Gasteiger partial charge in [-0.15, -0.1) is 0 Å². The fourth-order valence-corrected chi connectivity index (χ4v) is 2.71. The molecule has 22 heavy (non-hydrogen) atoms. The molecule has 1 atom stereocenters. The lowest BCUT2D eigenvalue weighted by Crippen LogP contribution is -2.52. The maximum absolute atomic E-state index is 12.4. The summed E-state index contributed by atoms with van der Waals surface area (Å²) in [7, 11) is 0. The minimum absolute atomic E-state index is 0.118. The van der Waals surface area contributed by atoms with Crippen LogP contribution in [0.5, 0.6) is 0 Å². The third-order valence-electron chi connectivity index (χ3n) is 3.89. The van der Waals surface area contributed by atoms with Crippen LogP contribution in [0.1, 0.15) is 18.4 Å². The smallest absolute Gasteiger partial charge is 0.342 e. The van der Waals surface area contributed by atoms with Gasteiger partial charge < -0.3 is 14.6 Å².